The van der Waals surface area contributed by atoms with Crippen molar-refractivity contribution in [1.29, 1.82) is 0 Å². The minimum absolute atomic E-state index is 0.111. The monoisotopic (exact) mass is 257 g/mol. The van der Waals surface area contributed by atoms with Crippen LogP contribution in [0.4, 0.5) is 8.78 Å². The summed E-state index contributed by atoms with van der Waals surface area (Å²) in [6.07, 6.45) is 0. The summed E-state index contributed by atoms with van der Waals surface area (Å²) < 4.78 is 50.8. The number of alkyl halides is 2. The largest absolute Gasteiger partial charge is 0.416 e. The highest BCUT2D eigenvalue weighted by Gasteiger charge is 2.52. The number of halogens is 2. The fraction of sp³-hybridized carbons (Fsp3) is 0.889. The Hall–Kier alpha value is -0.560. The molecule has 0 rings (SSSR count). The van der Waals surface area contributed by atoms with Crippen LogP contribution in [0.15, 0.2) is 0 Å². The van der Waals surface area contributed by atoms with Gasteiger partial charge in [-0.3, -0.25) is 4.79 Å². The predicted octanol–water partition coefficient (Wildman–Crippen LogP) is 1.38. The number of rotatable bonds is 6. The maximum atomic E-state index is 13.3. The van der Waals surface area contributed by atoms with Gasteiger partial charge in [0.1, 0.15) is 0 Å². The van der Waals surface area contributed by atoms with E-state index in [1.807, 2.05) is 0 Å². The molecule has 0 aliphatic rings. The molecule has 0 aliphatic carbocycles. The summed E-state index contributed by atoms with van der Waals surface area (Å²) in [6, 6.07) is 0. The number of hydrogen-bond donors (Lipinski definition) is 1. The number of ketones is 1. The van der Waals surface area contributed by atoms with Crippen LogP contribution in [0.2, 0.25) is 0 Å². The summed E-state index contributed by atoms with van der Waals surface area (Å²) in [5.41, 5.74) is 0. The molecule has 0 saturated carbocycles. The van der Waals surface area contributed by atoms with Gasteiger partial charge in [-0.25, -0.2) is 13.1 Å². The number of nitrogens with one attached hydrogen (secondary N) is 1. The van der Waals surface area contributed by atoms with Gasteiger partial charge >= 0.3 is 5.25 Å². The van der Waals surface area contributed by atoms with Gasteiger partial charge in [-0.05, 0) is 5.92 Å². The highest BCUT2D eigenvalue weighted by atomic mass is 32.2. The van der Waals surface area contributed by atoms with Crippen LogP contribution in [0.3, 0.4) is 0 Å². The van der Waals surface area contributed by atoms with Gasteiger partial charge in [-0.15, -0.1) is 0 Å². The van der Waals surface area contributed by atoms with E-state index >= 15 is 0 Å². The molecule has 0 heterocycles. The fourth-order valence-electron chi connectivity index (χ4n) is 0.836. The number of sulfonamides is 1. The number of Topliss-reactive ketones (excluding diaryl/α,β-unsaturated/α-hetero) is 1. The fourth-order valence-corrected chi connectivity index (χ4v) is 2.07. The highest BCUT2D eigenvalue weighted by molar-refractivity contribution is 7.91. The van der Waals surface area contributed by atoms with E-state index in [-0.39, 0.29) is 12.5 Å². The van der Waals surface area contributed by atoms with E-state index in [4.69, 9.17) is 0 Å². The third-order valence-corrected chi connectivity index (χ3v) is 3.25. The maximum absolute atomic E-state index is 13.3. The van der Waals surface area contributed by atoms with E-state index in [2.05, 4.69) is 0 Å². The van der Waals surface area contributed by atoms with Crippen molar-refractivity contribution in [3.05, 3.63) is 0 Å². The van der Waals surface area contributed by atoms with Crippen LogP contribution in [-0.2, 0) is 14.8 Å². The first-order valence-electron chi connectivity index (χ1n) is 4.93. The smallest absolute Gasteiger partial charge is 0.291 e. The molecular formula is C9H17F2NO3S. The van der Waals surface area contributed by atoms with Crippen molar-refractivity contribution < 1.29 is 22.0 Å². The van der Waals surface area contributed by atoms with Crippen LogP contribution in [0.5, 0.6) is 0 Å². The zero-order valence-electron chi connectivity index (χ0n) is 9.75. The van der Waals surface area contributed by atoms with Gasteiger partial charge in [0.2, 0.25) is 5.78 Å². The average Bonchev–Trinajstić information content (AvgIpc) is 2.13. The molecule has 0 aliphatic heterocycles. The van der Waals surface area contributed by atoms with Crippen molar-refractivity contribution in [1.82, 2.24) is 4.72 Å². The lowest BCUT2D eigenvalue weighted by atomic mass is 10.1. The molecular weight excluding hydrogens is 240 g/mol. The zero-order valence-corrected chi connectivity index (χ0v) is 10.6. The Morgan fingerprint density at radius 2 is 1.69 bits per heavy atom. The molecule has 4 nitrogen and oxygen atoms in total. The Morgan fingerprint density at radius 3 is 2.00 bits per heavy atom. The maximum Gasteiger partial charge on any atom is 0.416 e. The molecule has 0 atom stereocenters. The Morgan fingerprint density at radius 1 is 1.25 bits per heavy atom. The van der Waals surface area contributed by atoms with E-state index in [1.54, 1.807) is 18.6 Å². The summed E-state index contributed by atoms with van der Waals surface area (Å²) in [5, 5.41) is -4.37. The van der Waals surface area contributed by atoms with Crippen molar-refractivity contribution in [3.8, 4) is 0 Å². The molecule has 0 aromatic rings. The average molecular weight is 257 g/mol. The lowest BCUT2D eigenvalue weighted by Gasteiger charge is -2.18. The van der Waals surface area contributed by atoms with Crippen LogP contribution >= 0.6 is 0 Å². The standard InChI is InChI=1S/C9H17F2NO3S/c1-6(2)5-12-16(14,15)9(10,11)8(13)7(3)4/h6-7,12H,5H2,1-4H3. The molecule has 0 fully saturated rings. The van der Waals surface area contributed by atoms with Crippen molar-refractivity contribution in [2.24, 2.45) is 11.8 Å². The number of carbonyl (C=O) groups is 1. The molecule has 0 bridgehead atoms. The number of carbonyl (C=O) groups excluding carboxylic acids is 1. The molecule has 0 amide bonds. The molecule has 16 heavy (non-hydrogen) atoms. The minimum atomic E-state index is -4.93. The third kappa shape index (κ3) is 3.48. The lowest BCUT2D eigenvalue weighted by Crippen LogP contribution is -2.47. The van der Waals surface area contributed by atoms with Gasteiger partial charge in [0.25, 0.3) is 10.0 Å². The SMILES string of the molecule is CC(C)CNS(=O)(=O)C(F)(F)C(=O)C(C)C. The van der Waals surface area contributed by atoms with Crippen molar-refractivity contribution in [2.45, 2.75) is 32.9 Å². The first-order chi connectivity index (χ1) is 7.02. The summed E-state index contributed by atoms with van der Waals surface area (Å²) in [4.78, 5) is 11.1. The van der Waals surface area contributed by atoms with Gasteiger partial charge in [-0.2, -0.15) is 8.78 Å². The molecule has 0 unspecified atom stereocenters. The Bertz CT molecular complexity index is 350. The molecule has 96 valence electrons. The summed E-state index contributed by atoms with van der Waals surface area (Å²) in [7, 11) is -4.93. The third-order valence-electron chi connectivity index (χ3n) is 1.83. The topological polar surface area (TPSA) is 63.2 Å². The number of hydrogen-bond acceptors (Lipinski definition) is 3. The first-order valence-corrected chi connectivity index (χ1v) is 6.42. The predicted molar refractivity (Wildman–Crippen MR) is 56.6 cm³/mol. The summed E-state index contributed by atoms with van der Waals surface area (Å²) >= 11 is 0. The second-order valence-corrected chi connectivity index (χ2v) is 6.09. The summed E-state index contributed by atoms with van der Waals surface area (Å²) in [6.45, 7) is 5.68. The van der Waals surface area contributed by atoms with Crippen molar-refractivity contribution in [2.75, 3.05) is 6.54 Å². The molecule has 7 heteroatoms. The van der Waals surface area contributed by atoms with E-state index < -0.39 is 27.0 Å². The van der Waals surface area contributed by atoms with Crippen molar-refractivity contribution in [3.63, 3.8) is 0 Å². The summed E-state index contributed by atoms with van der Waals surface area (Å²) in [5.74, 6) is -2.74. The van der Waals surface area contributed by atoms with Crippen LogP contribution in [0.1, 0.15) is 27.7 Å². The van der Waals surface area contributed by atoms with Gasteiger partial charge in [-0.1, -0.05) is 27.7 Å². The van der Waals surface area contributed by atoms with Crippen LogP contribution in [0, 0.1) is 11.8 Å². The van der Waals surface area contributed by atoms with E-state index in [1.165, 1.54) is 13.8 Å². The van der Waals surface area contributed by atoms with Gasteiger partial charge in [0.05, 0.1) is 0 Å². The molecule has 0 aromatic heterocycles. The lowest BCUT2D eigenvalue weighted by molar-refractivity contribution is -0.136. The molecule has 0 saturated heterocycles. The molecule has 0 spiro atoms. The van der Waals surface area contributed by atoms with E-state index in [9.17, 15) is 22.0 Å². The zero-order chi connectivity index (χ0) is 13.1. The van der Waals surface area contributed by atoms with Gasteiger partial charge in [0.15, 0.2) is 0 Å². The Balaban J connectivity index is 4.93. The molecule has 1 N–H and O–H groups in total. The molecule has 0 radical (unpaired) electrons. The van der Waals surface area contributed by atoms with Crippen molar-refractivity contribution >= 4 is 15.8 Å². The van der Waals surface area contributed by atoms with E-state index in [0.29, 0.717) is 0 Å². The highest BCUT2D eigenvalue weighted by Crippen LogP contribution is 2.25. The quantitative estimate of drug-likeness (QED) is 0.782. The second-order valence-electron chi connectivity index (χ2n) is 4.28. The first kappa shape index (κ1) is 15.4. The Kier molecular flexibility index (Phi) is 5.00. The van der Waals surface area contributed by atoms with Gasteiger partial charge in [0, 0.05) is 12.5 Å². The van der Waals surface area contributed by atoms with Crippen LogP contribution in [0.25, 0.3) is 0 Å². The molecule has 0 aromatic carbocycles. The van der Waals surface area contributed by atoms with Crippen LogP contribution in [-0.4, -0.2) is 26.0 Å². The minimum Gasteiger partial charge on any atom is -0.291 e. The van der Waals surface area contributed by atoms with Gasteiger partial charge < -0.3 is 0 Å². The Labute approximate surface area is 94.5 Å². The normalized spacial score (nSPS) is 13.5. The van der Waals surface area contributed by atoms with Crippen LogP contribution < -0.4 is 4.72 Å². The van der Waals surface area contributed by atoms with E-state index in [0.717, 1.165) is 0 Å². The second kappa shape index (κ2) is 5.18.